The number of carbonyl (C=O) groups is 2. The fourth-order valence-electron chi connectivity index (χ4n) is 1.59. The van der Waals surface area contributed by atoms with Crippen LogP contribution in [0.2, 0.25) is 0 Å². The van der Waals surface area contributed by atoms with Crippen molar-refractivity contribution in [1.29, 1.82) is 0 Å². The number of hydrogen-bond donors (Lipinski definition) is 3. The molecule has 0 aliphatic rings. The van der Waals surface area contributed by atoms with Gasteiger partial charge >= 0.3 is 0 Å². The SMILES string of the molecule is CC(=O)N[C@@H](CO)C(=O)NCCc1cccc(Br)c1. The van der Waals surface area contributed by atoms with Crippen molar-refractivity contribution in [2.75, 3.05) is 13.2 Å². The molecule has 5 nitrogen and oxygen atoms in total. The van der Waals surface area contributed by atoms with Crippen LogP contribution in [-0.4, -0.2) is 36.1 Å². The molecule has 1 aromatic carbocycles. The number of halogens is 1. The second-order valence-corrected chi connectivity index (χ2v) is 5.02. The standard InChI is InChI=1S/C13H17BrN2O3/c1-9(18)16-12(8-17)13(19)15-6-5-10-3-2-4-11(14)7-10/h2-4,7,12,17H,5-6,8H2,1H3,(H,15,19)(H,16,18)/t12-/m0/s1. The lowest BCUT2D eigenvalue weighted by Gasteiger charge is -2.15. The quantitative estimate of drug-likeness (QED) is 0.715. The highest BCUT2D eigenvalue weighted by Gasteiger charge is 2.17. The molecule has 0 heterocycles. The van der Waals surface area contributed by atoms with Crippen LogP contribution < -0.4 is 10.6 Å². The molecule has 0 aromatic heterocycles. The van der Waals surface area contributed by atoms with Crippen molar-refractivity contribution in [3.8, 4) is 0 Å². The molecule has 0 unspecified atom stereocenters. The number of carbonyl (C=O) groups excluding carboxylic acids is 2. The van der Waals surface area contributed by atoms with Crippen LogP contribution in [0, 0.1) is 0 Å². The van der Waals surface area contributed by atoms with Crippen molar-refractivity contribution in [3.63, 3.8) is 0 Å². The number of benzene rings is 1. The highest BCUT2D eigenvalue weighted by Crippen LogP contribution is 2.11. The molecule has 104 valence electrons. The summed E-state index contributed by atoms with van der Waals surface area (Å²) in [6.45, 7) is 1.34. The number of hydrogen-bond acceptors (Lipinski definition) is 3. The summed E-state index contributed by atoms with van der Waals surface area (Å²) in [5.41, 5.74) is 1.09. The monoisotopic (exact) mass is 328 g/mol. The van der Waals surface area contributed by atoms with E-state index >= 15 is 0 Å². The summed E-state index contributed by atoms with van der Waals surface area (Å²) in [5.74, 6) is -0.728. The van der Waals surface area contributed by atoms with Gasteiger partial charge in [0.15, 0.2) is 0 Å². The maximum atomic E-state index is 11.7. The molecule has 0 radical (unpaired) electrons. The van der Waals surface area contributed by atoms with Gasteiger partial charge < -0.3 is 15.7 Å². The van der Waals surface area contributed by atoms with Crippen molar-refractivity contribution >= 4 is 27.7 Å². The Kier molecular flexibility index (Phi) is 6.52. The van der Waals surface area contributed by atoms with Crippen LogP contribution in [0.1, 0.15) is 12.5 Å². The fourth-order valence-corrected chi connectivity index (χ4v) is 2.03. The third-order valence-corrected chi connectivity index (χ3v) is 2.97. The highest BCUT2D eigenvalue weighted by molar-refractivity contribution is 9.10. The first-order valence-corrected chi connectivity index (χ1v) is 6.72. The Labute approximate surface area is 120 Å². The van der Waals surface area contributed by atoms with Gasteiger partial charge in [-0.3, -0.25) is 9.59 Å². The average Bonchev–Trinajstić information content (AvgIpc) is 2.35. The molecule has 0 fully saturated rings. The van der Waals surface area contributed by atoms with Crippen LogP contribution in [0.3, 0.4) is 0 Å². The Morgan fingerprint density at radius 1 is 1.42 bits per heavy atom. The Morgan fingerprint density at radius 3 is 2.74 bits per heavy atom. The topological polar surface area (TPSA) is 78.4 Å². The van der Waals surface area contributed by atoms with E-state index < -0.39 is 12.6 Å². The van der Waals surface area contributed by atoms with E-state index in [9.17, 15) is 9.59 Å². The van der Waals surface area contributed by atoms with Gasteiger partial charge in [0.25, 0.3) is 0 Å². The molecular formula is C13H17BrN2O3. The third-order valence-electron chi connectivity index (χ3n) is 2.48. The lowest BCUT2D eigenvalue weighted by molar-refractivity contribution is -0.129. The highest BCUT2D eigenvalue weighted by atomic mass is 79.9. The number of amides is 2. The minimum atomic E-state index is -0.889. The van der Waals surface area contributed by atoms with Crippen LogP contribution in [-0.2, 0) is 16.0 Å². The molecule has 0 spiro atoms. The molecule has 0 aliphatic carbocycles. The predicted molar refractivity (Wildman–Crippen MR) is 75.5 cm³/mol. The van der Waals surface area contributed by atoms with Gasteiger partial charge in [-0.2, -0.15) is 0 Å². The first-order chi connectivity index (χ1) is 9.02. The van der Waals surface area contributed by atoms with Crippen molar-refractivity contribution in [2.45, 2.75) is 19.4 Å². The summed E-state index contributed by atoms with van der Waals surface area (Å²) in [6.07, 6.45) is 0.684. The summed E-state index contributed by atoms with van der Waals surface area (Å²) in [5, 5.41) is 14.1. The van der Waals surface area contributed by atoms with Crippen LogP contribution in [0.4, 0.5) is 0 Å². The average molecular weight is 329 g/mol. The summed E-state index contributed by atoms with van der Waals surface area (Å²) < 4.78 is 0.989. The van der Waals surface area contributed by atoms with Gasteiger partial charge in [0.05, 0.1) is 6.61 Å². The molecule has 19 heavy (non-hydrogen) atoms. The van der Waals surface area contributed by atoms with Crippen LogP contribution in [0.15, 0.2) is 28.7 Å². The molecule has 1 rings (SSSR count). The van der Waals surface area contributed by atoms with E-state index in [0.717, 1.165) is 10.0 Å². The van der Waals surface area contributed by atoms with Crippen LogP contribution in [0.25, 0.3) is 0 Å². The molecular weight excluding hydrogens is 312 g/mol. The number of rotatable bonds is 6. The van der Waals surface area contributed by atoms with E-state index in [1.165, 1.54) is 6.92 Å². The van der Waals surface area contributed by atoms with Gasteiger partial charge in [-0.15, -0.1) is 0 Å². The van der Waals surface area contributed by atoms with Gasteiger partial charge in [-0.25, -0.2) is 0 Å². The predicted octanol–water partition coefficient (Wildman–Crippen LogP) is 0.605. The summed E-state index contributed by atoms with van der Waals surface area (Å²) >= 11 is 3.38. The van der Waals surface area contributed by atoms with E-state index in [-0.39, 0.29) is 11.8 Å². The van der Waals surface area contributed by atoms with E-state index in [1.807, 2.05) is 24.3 Å². The molecule has 1 aromatic rings. The Hall–Kier alpha value is -1.40. The van der Waals surface area contributed by atoms with Crippen LogP contribution in [0.5, 0.6) is 0 Å². The largest absolute Gasteiger partial charge is 0.394 e. The second kappa shape index (κ2) is 7.91. The third kappa shape index (κ3) is 5.85. The fraction of sp³-hybridized carbons (Fsp3) is 0.385. The van der Waals surface area contributed by atoms with Gasteiger partial charge in [0.1, 0.15) is 6.04 Å². The number of nitrogens with one attached hydrogen (secondary N) is 2. The van der Waals surface area contributed by atoms with Crippen molar-refractivity contribution in [2.24, 2.45) is 0 Å². The first kappa shape index (κ1) is 15.7. The van der Waals surface area contributed by atoms with E-state index in [4.69, 9.17) is 5.11 Å². The van der Waals surface area contributed by atoms with Crippen molar-refractivity contribution < 1.29 is 14.7 Å². The molecule has 6 heteroatoms. The van der Waals surface area contributed by atoms with Crippen molar-refractivity contribution in [1.82, 2.24) is 10.6 Å². The molecule has 0 aliphatic heterocycles. The van der Waals surface area contributed by atoms with E-state index in [2.05, 4.69) is 26.6 Å². The Morgan fingerprint density at radius 2 is 2.16 bits per heavy atom. The second-order valence-electron chi connectivity index (χ2n) is 4.11. The summed E-state index contributed by atoms with van der Waals surface area (Å²) in [7, 11) is 0. The maximum absolute atomic E-state index is 11.7. The first-order valence-electron chi connectivity index (χ1n) is 5.93. The summed E-state index contributed by atoms with van der Waals surface area (Å²) in [4.78, 5) is 22.5. The molecule has 0 bridgehead atoms. The molecule has 0 saturated heterocycles. The number of aliphatic hydroxyl groups is 1. The minimum absolute atomic E-state index is 0.346. The minimum Gasteiger partial charge on any atom is -0.394 e. The van der Waals surface area contributed by atoms with E-state index in [0.29, 0.717) is 13.0 Å². The smallest absolute Gasteiger partial charge is 0.244 e. The van der Waals surface area contributed by atoms with Crippen molar-refractivity contribution in [3.05, 3.63) is 34.3 Å². The normalized spacial score (nSPS) is 11.7. The van der Waals surface area contributed by atoms with Gasteiger partial charge in [-0.1, -0.05) is 28.1 Å². The zero-order chi connectivity index (χ0) is 14.3. The number of aliphatic hydroxyl groups excluding tert-OH is 1. The lowest BCUT2D eigenvalue weighted by Crippen LogP contribution is -2.48. The lowest BCUT2D eigenvalue weighted by atomic mass is 10.1. The summed E-state index contributed by atoms with van der Waals surface area (Å²) in [6, 6.07) is 6.91. The van der Waals surface area contributed by atoms with E-state index in [1.54, 1.807) is 0 Å². The van der Waals surface area contributed by atoms with Gasteiger partial charge in [0, 0.05) is 17.9 Å². The zero-order valence-corrected chi connectivity index (χ0v) is 12.2. The van der Waals surface area contributed by atoms with Gasteiger partial charge in [0.2, 0.25) is 11.8 Å². The Balaban J connectivity index is 2.39. The van der Waals surface area contributed by atoms with Crippen LogP contribution >= 0.6 is 15.9 Å². The maximum Gasteiger partial charge on any atom is 0.244 e. The molecule has 0 saturated carbocycles. The Bertz CT molecular complexity index is 451. The molecule has 1 atom stereocenters. The van der Waals surface area contributed by atoms with Gasteiger partial charge in [-0.05, 0) is 24.1 Å². The molecule has 2 amide bonds. The zero-order valence-electron chi connectivity index (χ0n) is 10.6. The molecule has 3 N–H and O–H groups in total.